The lowest BCUT2D eigenvalue weighted by Gasteiger charge is -2.56. The van der Waals surface area contributed by atoms with Crippen LogP contribution >= 0.6 is 11.3 Å². The molecule has 6 rings (SSSR count). The predicted octanol–water partition coefficient (Wildman–Crippen LogP) is 5.19. The van der Waals surface area contributed by atoms with E-state index in [1.54, 1.807) is 11.3 Å². The molecule has 0 saturated heterocycles. The first kappa shape index (κ1) is 19.5. The van der Waals surface area contributed by atoms with Gasteiger partial charge in [-0.25, -0.2) is 4.98 Å². The molecule has 1 aromatic heterocycles. The quantitative estimate of drug-likeness (QED) is 0.629. The Morgan fingerprint density at radius 3 is 2.24 bits per heavy atom. The average molecular weight is 412 g/mol. The first-order chi connectivity index (χ1) is 14.1. The number of thiazole rings is 1. The van der Waals surface area contributed by atoms with Crippen molar-refractivity contribution < 1.29 is 4.79 Å². The molecule has 0 atom stereocenters. The van der Waals surface area contributed by atoms with Crippen molar-refractivity contribution in [2.45, 2.75) is 52.4 Å². The molecule has 1 aromatic carbocycles. The van der Waals surface area contributed by atoms with E-state index >= 15 is 0 Å². The SMILES string of the molecule is CCN(CC)CCN(C(=O)C12CC3CC(CC(C3)C1)C2)c1nc2ccccc2s1. The van der Waals surface area contributed by atoms with Crippen molar-refractivity contribution in [3.8, 4) is 0 Å². The van der Waals surface area contributed by atoms with Crippen LogP contribution in [0.4, 0.5) is 5.13 Å². The van der Waals surface area contributed by atoms with Gasteiger partial charge in [-0.1, -0.05) is 37.3 Å². The molecule has 156 valence electrons. The number of likely N-dealkylation sites (N-methyl/N-ethyl adjacent to an activating group) is 1. The monoisotopic (exact) mass is 411 g/mol. The molecule has 1 amide bonds. The van der Waals surface area contributed by atoms with E-state index in [1.807, 2.05) is 6.07 Å². The molecular weight excluding hydrogens is 378 g/mol. The number of hydrogen-bond acceptors (Lipinski definition) is 4. The Bertz CT molecular complexity index is 819. The molecule has 0 N–H and O–H groups in total. The third-order valence-electron chi connectivity index (χ3n) is 7.78. The van der Waals surface area contributed by atoms with Crippen molar-refractivity contribution in [1.29, 1.82) is 0 Å². The molecule has 4 fully saturated rings. The summed E-state index contributed by atoms with van der Waals surface area (Å²) in [6.45, 7) is 8.12. The third kappa shape index (κ3) is 3.50. The van der Waals surface area contributed by atoms with Crippen LogP contribution in [0.3, 0.4) is 0 Å². The number of nitrogens with zero attached hydrogens (tertiary/aromatic N) is 3. The van der Waals surface area contributed by atoms with Crippen LogP contribution < -0.4 is 4.90 Å². The van der Waals surface area contributed by atoms with Gasteiger partial charge >= 0.3 is 0 Å². The Labute approximate surface area is 178 Å². The highest BCUT2D eigenvalue weighted by Gasteiger charge is 2.56. The van der Waals surface area contributed by atoms with Crippen molar-refractivity contribution in [3.05, 3.63) is 24.3 Å². The van der Waals surface area contributed by atoms with E-state index in [0.29, 0.717) is 5.91 Å². The molecule has 0 unspecified atom stereocenters. The van der Waals surface area contributed by atoms with Gasteiger partial charge in [0.25, 0.3) is 0 Å². The Kier molecular flexibility index (Phi) is 5.15. The number of hydrogen-bond donors (Lipinski definition) is 0. The van der Waals surface area contributed by atoms with E-state index in [1.165, 1.54) is 24.0 Å². The average Bonchev–Trinajstić information content (AvgIpc) is 3.14. The first-order valence-electron chi connectivity index (χ1n) is 11.5. The Morgan fingerprint density at radius 2 is 1.66 bits per heavy atom. The number of fused-ring (bicyclic) bond motifs is 1. The second kappa shape index (κ2) is 7.66. The van der Waals surface area contributed by atoms with Crippen molar-refractivity contribution in [1.82, 2.24) is 9.88 Å². The molecule has 29 heavy (non-hydrogen) atoms. The van der Waals surface area contributed by atoms with Gasteiger partial charge in [0, 0.05) is 13.1 Å². The van der Waals surface area contributed by atoms with Crippen LogP contribution in [-0.2, 0) is 4.79 Å². The van der Waals surface area contributed by atoms with Crippen molar-refractivity contribution in [2.24, 2.45) is 23.2 Å². The van der Waals surface area contributed by atoms with E-state index in [4.69, 9.17) is 4.98 Å². The number of carbonyl (C=O) groups is 1. The van der Waals surface area contributed by atoms with Gasteiger partial charge in [-0.05, 0) is 81.5 Å². The summed E-state index contributed by atoms with van der Waals surface area (Å²) < 4.78 is 1.17. The minimum absolute atomic E-state index is 0.115. The van der Waals surface area contributed by atoms with Gasteiger partial charge in [-0.3, -0.25) is 9.69 Å². The normalized spacial score (nSPS) is 30.4. The van der Waals surface area contributed by atoms with Crippen LogP contribution in [0.2, 0.25) is 0 Å². The van der Waals surface area contributed by atoms with Gasteiger partial charge in [0.15, 0.2) is 5.13 Å². The van der Waals surface area contributed by atoms with E-state index in [9.17, 15) is 4.79 Å². The molecule has 4 nitrogen and oxygen atoms in total. The summed E-state index contributed by atoms with van der Waals surface area (Å²) in [7, 11) is 0. The molecule has 4 saturated carbocycles. The lowest BCUT2D eigenvalue weighted by atomic mass is 9.49. The van der Waals surface area contributed by atoms with Crippen LogP contribution in [0.5, 0.6) is 0 Å². The van der Waals surface area contributed by atoms with E-state index in [2.05, 4.69) is 41.8 Å². The highest BCUT2D eigenvalue weighted by molar-refractivity contribution is 7.22. The molecular formula is C24H33N3OS. The highest BCUT2D eigenvalue weighted by Crippen LogP contribution is 2.60. The van der Waals surface area contributed by atoms with Crippen molar-refractivity contribution >= 4 is 32.6 Å². The maximum absolute atomic E-state index is 14.1. The lowest BCUT2D eigenvalue weighted by Crippen LogP contribution is -2.55. The summed E-state index contributed by atoms with van der Waals surface area (Å²) in [5.74, 6) is 2.73. The fourth-order valence-corrected chi connectivity index (χ4v) is 7.69. The van der Waals surface area contributed by atoms with Gasteiger partial charge in [0.05, 0.1) is 15.6 Å². The summed E-state index contributed by atoms with van der Waals surface area (Å²) in [5.41, 5.74) is 0.897. The highest BCUT2D eigenvalue weighted by atomic mass is 32.1. The van der Waals surface area contributed by atoms with Gasteiger partial charge in [0.2, 0.25) is 5.91 Å². The lowest BCUT2D eigenvalue weighted by molar-refractivity contribution is -0.143. The minimum atomic E-state index is -0.115. The molecule has 2 aromatic rings. The second-order valence-electron chi connectivity index (χ2n) is 9.65. The topological polar surface area (TPSA) is 36.4 Å². The molecule has 1 heterocycles. The number of rotatable bonds is 7. The molecule has 5 heteroatoms. The number of benzene rings is 1. The largest absolute Gasteiger partial charge is 0.302 e. The zero-order chi connectivity index (χ0) is 20.0. The summed E-state index contributed by atoms with van der Waals surface area (Å²) in [4.78, 5) is 23.5. The van der Waals surface area contributed by atoms with E-state index in [-0.39, 0.29) is 5.41 Å². The van der Waals surface area contributed by atoms with Crippen molar-refractivity contribution in [2.75, 3.05) is 31.1 Å². The maximum atomic E-state index is 14.1. The number of aromatic nitrogens is 1. The minimum Gasteiger partial charge on any atom is -0.302 e. The Hall–Kier alpha value is -1.46. The third-order valence-corrected chi connectivity index (χ3v) is 8.84. The standard InChI is InChI=1S/C24H33N3OS/c1-3-26(4-2)9-10-27(23-25-20-7-5-6-8-21(20)29-23)22(28)24-14-17-11-18(15-24)13-19(12-17)16-24/h5-8,17-19H,3-4,9-16H2,1-2H3. The number of para-hydroxylation sites is 1. The zero-order valence-corrected chi connectivity index (χ0v) is 18.6. The Balaban J connectivity index is 1.47. The van der Waals surface area contributed by atoms with E-state index < -0.39 is 0 Å². The van der Waals surface area contributed by atoms with Crippen LogP contribution in [-0.4, -0.2) is 42.0 Å². The molecule has 4 bridgehead atoms. The first-order valence-corrected chi connectivity index (χ1v) is 12.3. The summed E-state index contributed by atoms with van der Waals surface area (Å²) >= 11 is 1.68. The summed E-state index contributed by atoms with van der Waals surface area (Å²) in [6.07, 6.45) is 7.45. The molecule has 0 spiro atoms. The maximum Gasteiger partial charge on any atom is 0.235 e. The molecule has 4 aliphatic carbocycles. The summed E-state index contributed by atoms with van der Waals surface area (Å²) in [6, 6.07) is 8.28. The van der Waals surface area contributed by atoms with E-state index in [0.717, 1.165) is 73.8 Å². The van der Waals surface area contributed by atoms with Gasteiger partial charge in [0.1, 0.15) is 0 Å². The fraction of sp³-hybridized carbons (Fsp3) is 0.667. The van der Waals surface area contributed by atoms with Crippen LogP contribution in [0.1, 0.15) is 52.4 Å². The molecule has 0 aliphatic heterocycles. The number of anilines is 1. The Morgan fingerprint density at radius 1 is 1.03 bits per heavy atom. The van der Waals surface area contributed by atoms with Crippen LogP contribution in [0.15, 0.2) is 24.3 Å². The van der Waals surface area contributed by atoms with Crippen LogP contribution in [0, 0.1) is 23.2 Å². The predicted molar refractivity (Wildman–Crippen MR) is 120 cm³/mol. The smallest absolute Gasteiger partial charge is 0.235 e. The number of amides is 1. The number of carbonyl (C=O) groups excluding carboxylic acids is 1. The molecule has 4 aliphatic rings. The fourth-order valence-electron chi connectivity index (χ4n) is 6.70. The van der Waals surface area contributed by atoms with Gasteiger partial charge in [-0.15, -0.1) is 0 Å². The molecule has 0 radical (unpaired) electrons. The zero-order valence-electron chi connectivity index (χ0n) is 17.8. The van der Waals surface area contributed by atoms with Crippen molar-refractivity contribution in [3.63, 3.8) is 0 Å². The second-order valence-corrected chi connectivity index (χ2v) is 10.7. The summed E-state index contributed by atoms with van der Waals surface area (Å²) in [5, 5.41) is 0.902. The van der Waals surface area contributed by atoms with Gasteiger partial charge < -0.3 is 4.90 Å². The van der Waals surface area contributed by atoms with Gasteiger partial charge in [-0.2, -0.15) is 0 Å². The van der Waals surface area contributed by atoms with Crippen LogP contribution in [0.25, 0.3) is 10.2 Å².